The standard InChI is InChI=1S/C28H29F3N6O4/c1-17-23(25(39)41-4)24(20-11-9-19(16-32)10-12-20)37(27(40)34-13-6-14-35(3)18(2)38)26(33)36(17)22-8-5-7-21(15-22)28(29,30)31/h5,7-12,15,24,33H,6,13-14H2,1-4H3,(H,34,40). The predicted octanol–water partition coefficient (Wildman–Crippen LogP) is 4.40. The van der Waals surface area contributed by atoms with Crippen LogP contribution in [0.3, 0.4) is 0 Å². The minimum atomic E-state index is -4.67. The number of carbonyl (C=O) groups is 3. The number of allylic oxidation sites excluding steroid dienone is 1. The first-order valence-electron chi connectivity index (χ1n) is 12.5. The second-order valence-electron chi connectivity index (χ2n) is 9.23. The number of rotatable bonds is 7. The largest absolute Gasteiger partial charge is 0.466 e. The van der Waals surface area contributed by atoms with Gasteiger partial charge in [0.15, 0.2) is 0 Å². The quantitative estimate of drug-likeness (QED) is 0.375. The van der Waals surface area contributed by atoms with Gasteiger partial charge >= 0.3 is 18.2 Å². The van der Waals surface area contributed by atoms with Crippen molar-refractivity contribution in [1.82, 2.24) is 15.1 Å². The third-order valence-electron chi connectivity index (χ3n) is 6.59. The van der Waals surface area contributed by atoms with E-state index < -0.39 is 35.7 Å². The Bertz CT molecular complexity index is 1420. The number of nitrogens with zero attached hydrogens (tertiary/aromatic N) is 4. The van der Waals surface area contributed by atoms with E-state index in [4.69, 9.17) is 10.1 Å². The number of nitrogens with one attached hydrogen (secondary N) is 2. The molecule has 0 aromatic heterocycles. The molecule has 3 rings (SSSR count). The second kappa shape index (κ2) is 12.5. The van der Waals surface area contributed by atoms with Crippen molar-refractivity contribution < 1.29 is 32.3 Å². The van der Waals surface area contributed by atoms with Crippen molar-refractivity contribution in [2.75, 3.05) is 32.1 Å². The van der Waals surface area contributed by atoms with Gasteiger partial charge < -0.3 is 15.0 Å². The van der Waals surface area contributed by atoms with Crippen LogP contribution in [0.2, 0.25) is 0 Å². The van der Waals surface area contributed by atoms with Gasteiger partial charge in [-0.05, 0) is 49.2 Å². The number of hydrogen-bond acceptors (Lipinski definition) is 6. The zero-order chi connectivity index (χ0) is 30.5. The van der Waals surface area contributed by atoms with Crippen LogP contribution in [0.15, 0.2) is 59.8 Å². The molecule has 3 amide bonds. The smallest absolute Gasteiger partial charge is 0.416 e. The SMILES string of the molecule is COC(=O)C1=C(C)N(c2cccc(C(F)(F)F)c2)C(=N)N(C(=O)NCCCN(C)C(C)=O)C1c1ccc(C#N)cc1. The first kappa shape index (κ1) is 30.7. The summed E-state index contributed by atoms with van der Waals surface area (Å²) in [6.45, 7) is 3.29. The molecular weight excluding hydrogens is 541 g/mol. The van der Waals surface area contributed by atoms with Gasteiger partial charge in [-0.3, -0.25) is 20.0 Å². The summed E-state index contributed by atoms with van der Waals surface area (Å²) in [4.78, 5) is 41.7. The van der Waals surface area contributed by atoms with E-state index in [2.05, 4.69) is 5.32 Å². The van der Waals surface area contributed by atoms with Gasteiger partial charge in [0.25, 0.3) is 0 Å². The van der Waals surface area contributed by atoms with Crippen LogP contribution < -0.4 is 10.2 Å². The average molecular weight is 571 g/mol. The van der Waals surface area contributed by atoms with Crippen LogP contribution in [0.4, 0.5) is 23.7 Å². The molecule has 41 heavy (non-hydrogen) atoms. The number of benzene rings is 2. The zero-order valence-corrected chi connectivity index (χ0v) is 22.9. The number of urea groups is 1. The van der Waals surface area contributed by atoms with Crippen molar-refractivity contribution in [1.29, 1.82) is 10.7 Å². The summed E-state index contributed by atoms with van der Waals surface area (Å²) in [7, 11) is 2.73. The lowest BCUT2D eigenvalue weighted by Gasteiger charge is -2.43. The number of methoxy groups -OCH3 is 1. The Morgan fingerprint density at radius 1 is 1.17 bits per heavy atom. The number of nitriles is 1. The molecule has 216 valence electrons. The molecule has 0 saturated heterocycles. The second-order valence-corrected chi connectivity index (χ2v) is 9.23. The normalized spacial score (nSPS) is 15.4. The zero-order valence-electron chi connectivity index (χ0n) is 22.9. The van der Waals surface area contributed by atoms with Crippen molar-refractivity contribution in [2.24, 2.45) is 0 Å². The summed E-state index contributed by atoms with van der Waals surface area (Å²) < 4.78 is 45.6. The molecule has 1 aliphatic heterocycles. The summed E-state index contributed by atoms with van der Waals surface area (Å²) in [5.74, 6) is -1.53. The van der Waals surface area contributed by atoms with E-state index in [9.17, 15) is 32.8 Å². The van der Waals surface area contributed by atoms with Crippen molar-refractivity contribution in [3.05, 3.63) is 76.5 Å². The Balaban J connectivity index is 2.15. The predicted molar refractivity (Wildman–Crippen MR) is 143 cm³/mol. The van der Waals surface area contributed by atoms with E-state index in [1.54, 1.807) is 7.05 Å². The van der Waals surface area contributed by atoms with Crippen molar-refractivity contribution >= 4 is 29.6 Å². The van der Waals surface area contributed by atoms with Crippen LogP contribution in [-0.2, 0) is 20.5 Å². The molecule has 0 spiro atoms. The minimum Gasteiger partial charge on any atom is -0.466 e. The number of esters is 1. The molecule has 13 heteroatoms. The summed E-state index contributed by atoms with van der Waals surface area (Å²) in [5, 5.41) is 20.9. The Kier molecular flexibility index (Phi) is 9.39. The topological polar surface area (TPSA) is 130 Å². The molecule has 10 nitrogen and oxygen atoms in total. The van der Waals surface area contributed by atoms with Crippen molar-refractivity contribution in [3.63, 3.8) is 0 Å². The first-order chi connectivity index (χ1) is 19.3. The van der Waals surface area contributed by atoms with E-state index in [1.807, 2.05) is 6.07 Å². The van der Waals surface area contributed by atoms with Crippen molar-refractivity contribution in [3.8, 4) is 6.07 Å². The molecule has 1 atom stereocenters. The van der Waals surface area contributed by atoms with Gasteiger partial charge in [0.2, 0.25) is 11.9 Å². The lowest BCUT2D eigenvalue weighted by molar-refractivity contribution is -0.138. The van der Waals surface area contributed by atoms with Crippen LogP contribution in [0.5, 0.6) is 0 Å². The number of hydrogen-bond donors (Lipinski definition) is 2. The molecule has 0 saturated carbocycles. The van der Waals surface area contributed by atoms with E-state index >= 15 is 0 Å². The van der Waals surface area contributed by atoms with E-state index in [-0.39, 0.29) is 29.4 Å². The molecule has 2 aromatic rings. The molecule has 0 radical (unpaired) electrons. The number of guanidine groups is 1. The van der Waals surface area contributed by atoms with Gasteiger partial charge in [-0.25, -0.2) is 9.59 Å². The molecular formula is C28H29F3N6O4. The maximum absolute atomic E-state index is 13.6. The fourth-order valence-electron chi connectivity index (χ4n) is 4.37. The maximum atomic E-state index is 13.6. The number of ether oxygens (including phenoxy) is 1. The summed E-state index contributed by atoms with van der Waals surface area (Å²) in [5.41, 5.74) is -0.391. The number of halogens is 3. The maximum Gasteiger partial charge on any atom is 0.416 e. The molecule has 0 aliphatic carbocycles. The summed E-state index contributed by atoms with van der Waals surface area (Å²) in [6, 6.07) is 10.2. The highest BCUT2D eigenvalue weighted by atomic mass is 19.4. The third-order valence-corrected chi connectivity index (χ3v) is 6.59. The number of amides is 3. The summed E-state index contributed by atoms with van der Waals surface area (Å²) in [6.07, 6.45) is -4.30. The van der Waals surface area contributed by atoms with Gasteiger partial charge in [0.05, 0.1) is 29.9 Å². The number of anilines is 1. The monoisotopic (exact) mass is 570 g/mol. The fourth-order valence-corrected chi connectivity index (χ4v) is 4.37. The molecule has 2 aromatic carbocycles. The van der Waals surface area contributed by atoms with Gasteiger partial charge in [-0.15, -0.1) is 0 Å². The average Bonchev–Trinajstić information content (AvgIpc) is 2.94. The first-order valence-corrected chi connectivity index (χ1v) is 12.5. The van der Waals surface area contributed by atoms with Gasteiger partial charge in [0, 0.05) is 38.4 Å². The fraction of sp³-hybridized carbons (Fsp3) is 0.321. The highest BCUT2D eigenvalue weighted by molar-refractivity contribution is 6.10. The van der Waals surface area contributed by atoms with Crippen LogP contribution in [0, 0.1) is 16.7 Å². The Morgan fingerprint density at radius 3 is 2.39 bits per heavy atom. The van der Waals surface area contributed by atoms with E-state index in [0.717, 1.165) is 29.0 Å². The molecule has 0 bridgehead atoms. The highest BCUT2D eigenvalue weighted by Crippen LogP contribution is 2.41. The molecule has 1 unspecified atom stereocenters. The van der Waals surface area contributed by atoms with E-state index in [1.165, 1.54) is 55.1 Å². The van der Waals surface area contributed by atoms with Gasteiger partial charge in [-0.2, -0.15) is 18.4 Å². The molecule has 0 fully saturated rings. The molecule has 1 aliphatic rings. The Hall–Kier alpha value is -4.86. The van der Waals surface area contributed by atoms with E-state index in [0.29, 0.717) is 24.1 Å². The lowest BCUT2D eigenvalue weighted by atomic mass is 9.92. The van der Waals surface area contributed by atoms with Crippen LogP contribution >= 0.6 is 0 Å². The molecule has 2 N–H and O–H groups in total. The third kappa shape index (κ3) is 6.66. The lowest BCUT2D eigenvalue weighted by Crippen LogP contribution is -2.56. The number of carbonyl (C=O) groups excluding carboxylic acids is 3. The minimum absolute atomic E-state index is 0.0858. The van der Waals surface area contributed by atoms with Crippen LogP contribution in [0.25, 0.3) is 0 Å². The summed E-state index contributed by atoms with van der Waals surface area (Å²) >= 11 is 0. The van der Waals surface area contributed by atoms with Crippen LogP contribution in [-0.4, -0.2) is 60.9 Å². The Morgan fingerprint density at radius 2 is 1.83 bits per heavy atom. The van der Waals surface area contributed by atoms with Crippen LogP contribution in [0.1, 0.15) is 43.0 Å². The highest BCUT2D eigenvalue weighted by Gasteiger charge is 2.44. The number of alkyl halides is 3. The molecule has 1 heterocycles. The van der Waals surface area contributed by atoms with Crippen molar-refractivity contribution in [2.45, 2.75) is 32.5 Å². The Labute approximate surface area is 235 Å². The van der Waals surface area contributed by atoms with Gasteiger partial charge in [-0.1, -0.05) is 18.2 Å². The van der Waals surface area contributed by atoms with Gasteiger partial charge in [0.1, 0.15) is 6.04 Å².